The second kappa shape index (κ2) is 11.7. The van der Waals surface area contributed by atoms with Crippen molar-refractivity contribution < 1.29 is 9.18 Å². The van der Waals surface area contributed by atoms with Gasteiger partial charge in [-0.3, -0.25) is 15.2 Å². The smallest absolute Gasteiger partial charge is 0.346 e. The Labute approximate surface area is 208 Å². The van der Waals surface area contributed by atoms with Gasteiger partial charge in [-0.25, -0.2) is 5.01 Å². The van der Waals surface area contributed by atoms with Crippen molar-refractivity contribution in [1.82, 2.24) is 20.4 Å². The van der Waals surface area contributed by atoms with Crippen molar-refractivity contribution in [2.24, 2.45) is 33.7 Å². The molecule has 0 spiro atoms. The first-order chi connectivity index (χ1) is 16.5. The zero-order valence-corrected chi connectivity index (χ0v) is 21.8. The largest absolute Gasteiger partial charge is 0.350 e. The maximum atomic E-state index is 14.0. The summed E-state index contributed by atoms with van der Waals surface area (Å²) >= 11 is 0. The molecule has 1 saturated heterocycles. The number of nitrogens with one attached hydrogen (secondary N) is 2. The third-order valence-electron chi connectivity index (χ3n) is 7.29. The Morgan fingerprint density at radius 1 is 1.46 bits per heavy atom. The van der Waals surface area contributed by atoms with E-state index in [0.29, 0.717) is 24.1 Å². The van der Waals surface area contributed by atoms with Crippen LogP contribution in [0.15, 0.2) is 23.0 Å². The van der Waals surface area contributed by atoms with Gasteiger partial charge in [-0.15, -0.1) is 0 Å². The first-order valence-electron chi connectivity index (χ1n) is 12.9. The number of nitrogens with two attached hydrogens (primary N) is 2. The molecule has 8 nitrogen and oxygen atoms in total. The Bertz CT molecular complexity index is 930. The molecule has 0 bridgehead atoms. The van der Waals surface area contributed by atoms with Crippen molar-refractivity contribution in [1.29, 1.82) is 0 Å². The van der Waals surface area contributed by atoms with Crippen LogP contribution in [0.5, 0.6) is 0 Å². The van der Waals surface area contributed by atoms with E-state index in [-0.39, 0.29) is 24.0 Å². The van der Waals surface area contributed by atoms with Gasteiger partial charge in [0.25, 0.3) is 0 Å². The van der Waals surface area contributed by atoms with Crippen LogP contribution in [0.2, 0.25) is 0 Å². The molecule has 3 rings (SSSR count). The highest BCUT2D eigenvalue weighted by molar-refractivity contribution is 6.06. The van der Waals surface area contributed by atoms with Crippen molar-refractivity contribution in [2.75, 3.05) is 6.54 Å². The van der Waals surface area contributed by atoms with Gasteiger partial charge in [-0.1, -0.05) is 40.2 Å². The molecule has 3 aliphatic rings. The summed E-state index contributed by atoms with van der Waals surface area (Å²) in [5.41, 5.74) is 15.7. The second-order valence-corrected chi connectivity index (χ2v) is 11.1. The summed E-state index contributed by atoms with van der Waals surface area (Å²) in [7, 11) is 0. The third-order valence-corrected chi connectivity index (χ3v) is 7.29. The fourth-order valence-corrected chi connectivity index (χ4v) is 5.25. The minimum absolute atomic E-state index is 0.0582. The summed E-state index contributed by atoms with van der Waals surface area (Å²) < 4.78 is 18.2. The molecule has 3 heterocycles. The minimum Gasteiger partial charge on any atom is -0.346 e. The molecule has 3 aliphatic heterocycles. The molecule has 194 valence electrons. The van der Waals surface area contributed by atoms with E-state index in [1.165, 1.54) is 6.08 Å². The zero-order valence-electron chi connectivity index (χ0n) is 21.8. The molecule has 0 aromatic rings. The van der Waals surface area contributed by atoms with Gasteiger partial charge in [-0.2, -0.15) is 4.39 Å². The van der Waals surface area contributed by atoms with Gasteiger partial charge < -0.3 is 16.8 Å². The quantitative estimate of drug-likeness (QED) is 0.305. The number of nitrogens with zero attached hydrogens (tertiary/aromatic N) is 3. The number of rotatable bonds is 8. The average molecular weight is 489 g/mol. The van der Waals surface area contributed by atoms with Crippen LogP contribution in [0, 0.1) is 17.3 Å². The summed E-state index contributed by atoms with van der Waals surface area (Å²) in [6.45, 7) is 11.4. The lowest BCUT2D eigenvalue weighted by Crippen LogP contribution is -2.61. The molecular weight excluding hydrogens is 445 g/mol. The molecule has 0 radical (unpaired) electrons. The summed E-state index contributed by atoms with van der Waals surface area (Å²) in [5.74, 6) is 1.01. The van der Waals surface area contributed by atoms with Crippen molar-refractivity contribution in [3.8, 4) is 0 Å². The Morgan fingerprint density at radius 3 is 2.83 bits per heavy atom. The van der Waals surface area contributed by atoms with Crippen LogP contribution in [0.3, 0.4) is 0 Å². The number of carbonyl (C=O) groups excluding carboxylic acids is 1. The van der Waals surface area contributed by atoms with Crippen LogP contribution in [-0.4, -0.2) is 65.6 Å². The number of carbonyl (C=O) groups is 1. The highest BCUT2D eigenvalue weighted by atomic mass is 19.1. The van der Waals surface area contributed by atoms with Gasteiger partial charge in [0.15, 0.2) is 5.92 Å². The van der Waals surface area contributed by atoms with Gasteiger partial charge >= 0.3 is 11.6 Å². The number of hydrazine groups is 1. The fraction of sp³-hybridized carbons (Fsp3) is 0.731. The third kappa shape index (κ3) is 7.20. The molecule has 35 heavy (non-hydrogen) atoms. The van der Waals surface area contributed by atoms with E-state index in [1.54, 1.807) is 6.08 Å². The Kier molecular flexibility index (Phi) is 9.22. The van der Waals surface area contributed by atoms with Crippen LogP contribution in [0.1, 0.15) is 66.7 Å². The lowest BCUT2D eigenvalue weighted by molar-refractivity contribution is -0.124. The normalized spacial score (nSPS) is 31.3. The number of halogens is 1. The van der Waals surface area contributed by atoms with E-state index in [2.05, 4.69) is 47.1 Å². The predicted molar refractivity (Wildman–Crippen MR) is 141 cm³/mol. The standard InChI is InChI=1S/C26H42FN7O/c1-6-7-16(2)19-12-22(34-11-9-17(3)33-34)21(15-31-19)32-25(35)23(24(28)29)20-13-26(4,5)10-8-18(27)14-30-20/h8,10,15-17,19,21-24,33H,6-7,9,11-13,28-29H2,1-5H3/p+1/b10-8-/t16-,17?,19?,21?,22?,23?/m1/s1. The SMILES string of the molecule is CCC[C@@H](C)C1CC(N2CCC(C)N2)C(NC(=O)C(C2=[N+]=C=C(F)/C=C\C(C)(C)C2)C(N)N)C=N1. The van der Waals surface area contributed by atoms with Crippen molar-refractivity contribution in [3.63, 3.8) is 0 Å². The average Bonchev–Trinajstić information content (AvgIpc) is 3.21. The molecule has 9 heteroatoms. The summed E-state index contributed by atoms with van der Waals surface area (Å²) in [6, 6.07) is 0.357. The Morgan fingerprint density at radius 2 is 2.20 bits per heavy atom. The van der Waals surface area contributed by atoms with Gasteiger partial charge in [0, 0.05) is 18.8 Å². The lowest BCUT2D eigenvalue weighted by atomic mass is 9.81. The highest BCUT2D eigenvalue weighted by Crippen LogP contribution is 2.28. The first-order valence-corrected chi connectivity index (χ1v) is 12.9. The number of hydrogen-bond donors (Lipinski definition) is 4. The van der Waals surface area contributed by atoms with Gasteiger partial charge in [0.1, 0.15) is 0 Å². The molecule has 0 aromatic carbocycles. The highest BCUT2D eigenvalue weighted by Gasteiger charge is 2.43. The van der Waals surface area contributed by atoms with Gasteiger partial charge in [0.05, 0.1) is 30.7 Å². The van der Waals surface area contributed by atoms with Crippen LogP contribution < -0.4 is 26.9 Å². The van der Waals surface area contributed by atoms with Gasteiger partial charge in [-0.05, 0) is 48.3 Å². The van der Waals surface area contributed by atoms with Crippen molar-refractivity contribution >= 4 is 23.7 Å². The minimum atomic E-state index is -0.987. The maximum absolute atomic E-state index is 14.0. The molecule has 1 fully saturated rings. The van der Waals surface area contributed by atoms with Crippen LogP contribution >= 0.6 is 0 Å². The van der Waals surface area contributed by atoms with E-state index in [9.17, 15) is 9.18 Å². The monoisotopic (exact) mass is 488 g/mol. The van der Waals surface area contributed by atoms with Crippen LogP contribution in [0.4, 0.5) is 4.39 Å². The fourth-order valence-electron chi connectivity index (χ4n) is 5.25. The molecule has 0 aromatic heterocycles. The van der Waals surface area contributed by atoms with Crippen LogP contribution in [-0.2, 0) is 4.79 Å². The lowest BCUT2D eigenvalue weighted by Gasteiger charge is -2.39. The second-order valence-electron chi connectivity index (χ2n) is 11.1. The van der Waals surface area contributed by atoms with Gasteiger partial charge in [0.2, 0.25) is 11.7 Å². The molecule has 5 unspecified atom stereocenters. The summed E-state index contributed by atoms with van der Waals surface area (Å²) in [4.78, 5) is 18.4. The maximum Gasteiger partial charge on any atom is 0.350 e. The van der Waals surface area contributed by atoms with Crippen LogP contribution in [0.25, 0.3) is 0 Å². The van der Waals surface area contributed by atoms with E-state index in [1.807, 2.05) is 20.1 Å². The molecule has 6 atom stereocenters. The molecule has 6 N–H and O–H groups in total. The molecular formula is C26H43FN7O+. The first kappa shape index (κ1) is 27.5. The van der Waals surface area contributed by atoms with E-state index < -0.39 is 23.3 Å². The van der Waals surface area contributed by atoms with E-state index in [4.69, 9.17) is 16.5 Å². The number of amides is 1. The Balaban J connectivity index is 1.87. The molecule has 0 aliphatic carbocycles. The van der Waals surface area contributed by atoms with Crippen molar-refractivity contribution in [3.05, 3.63) is 18.0 Å². The summed E-state index contributed by atoms with van der Waals surface area (Å²) in [6.07, 6.45) is 8.54. The number of allylic oxidation sites excluding steroid dienone is 3. The molecule has 1 amide bonds. The number of aliphatic imine (C=N–C) groups is 1. The molecule has 0 saturated carbocycles. The predicted octanol–water partition coefficient (Wildman–Crippen LogP) is 1.60. The van der Waals surface area contributed by atoms with E-state index in [0.717, 1.165) is 32.2 Å². The summed E-state index contributed by atoms with van der Waals surface area (Å²) in [5, 5.41) is 5.40. The number of hydrogen-bond acceptors (Lipinski definition) is 6. The van der Waals surface area contributed by atoms with Crippen molar-refractivity contribution in [2.45, 2.75) is 97.1 Å². The topological polar surface area (TPSA) is 123 Å². The Hall–Kier alpha value is -2.12. The zero-order chi connectivity index (χ0) is 25.8. The van der Waals surface area contributed by atoms with E-state index >= 15 is 0 Å².